The van der Waals surface area contributed by atoms with Gasteiger partial charge in [0.2, 0.25) is 0 Å². The van der Waals surface area contributed by atoms with E-state index in [1.54, 1.807) is 10.9 Å². The van der Waals surface area contributed by atoms with Gasteiger partial charge < -0.3 is 14.2 Å². The number of nitrogens with zero attached hydrogens (tertiary/aromatic N) is 2. The summed E-state index contributed by atoms with van der Waals surface area (Å²) in [7, 11) is 1.36. The summed E-state index contributed by atoms with van der Waals surface area (Å²) >= 11 is 0. The van der Waals surface area contributed by atoms with Gasteiger partial charge in [-0.05, 0) is 24.6 Å². The lowest BCUT2D eigenvalue weighted by molar-refractivity contribution is 0.0587. The Morgan fingerprint density at radius 3 is 2.81 bits per heavy atom. The first-order valence-electron chi connectivity index (χ1n) is 6.78. The van der Waals surface area contributed by atoms with Crippen molar-refractivity contribution in [1.29, 1.82) is 0 Å². The van der Waals surface area contributed by atoms with Crippen molar-refractivity contribution in [1.82, 2.24) is 9.78 Å². The summed E-state index contributed by atoms with van der Waals surface area (Å²) in [5.74, 6) is 0.991. The quantitative estimate of drug-likeness (QED) is 0.810. The number of fused-ring (bicyclic) bond motifs is 1. The molecule has 0 atom stereocenters. The third kappa shape index (κ3) is 2.33. The lowest BCUT2D eigenvalue weighted by Gasteiger charge is -2.18. The third-order valence-electron chi connectivity index (χ3n) is 3.37. The van der Waals surface area contributed by atoms with Gasteiger partial charge in [-0.25, -0.2) is 4.79 Å². The Hall–Kier alpha value is -2.50. The molecule has 1 aromatic heterocycles. The average Bonchev–Trinajstić information content (AvgIpc) is 2.97. The molecule has 1 aliphatic rings. The second-order valence-corrected chi connectivity index (χ2v) is 4.57. The Bertz CT molecular complexity index is 678. The van der Waals surface area contributed by atoms with Crippen molar-refractivity contribution in [3.8, 4) is 22.6 Å². The van der Waals surface area contributed by atoms with E-state index in [0.29, 0.717) is 37.0 Å². The van der Waals surface area contributed by atoms with Gasteiger partial charge in [0, 0.05) is 12.1 Å². The molecule has 2 heterocycles. The molecule has 0 saturated heterocycles. The molecule has 0 N–H and O–H groups in total. The van der Waals surface area contributed by atoms with Crippen molar-refractivity contribution in [2.75, 3.05) is 20.3 Å². The number of rotatable bonds is 3. The van der Waals surface area contributed by atoms with Crippen LogP contribution in [0.5, 0.6) is 11.5 Å². The zero-order valence-corrected chi connectivity index (χ0v) is 12.0. The highest BCUT2D eigenvalue weighted by Crippen LogP contribution is 2.35. The molecule has 0 bridgehead atoms. The summed E-state index contributed by atoms with van der Waals surface area (Å²) < 4.78 is 17.6. The number of ether oxygens (including phenoxy) is 3. The number of esters is 1. The molecule has 0 amide bonds. The van der Waals surface area contributed by atoms with Gasteiger partial charge in [-0.1, -0.05) is 6.07 Å². The van der Waals surface area contributed by atoms with E-state index in [1.807, 2.05) is 25.1 Å². The number of aromatic nitrogens is 2. The minimum atomic E-state index is -0.403. The highest BCUT2D eigenvalue weighted by atomic mass is 16.6. The maximum absolute atomic E-state index is 12.0. The van der Waals surface area contributed by atoms with Gasteiger partial charge in [-0.3, -0.25) is 4.68 Å². The van der Waals surface area contributed by atoms with Crippen molar-refractivity contribution >= 4 is 5.97 Å². The van der Waals surface area contributed by atoms with Crippen molar-refractivity contribution in [2.45, 2.75) is 13.5 Å². The van der Waals surface area contributed by atoms with Crippen molar-refractivity contribution in [3.05, 3.63) is 30.1 Å². The predicted octanol–water partition coefficient (Wildman–Crippen LogP) is 2.13. The second kappa shape index (κ2) is 5.47. The molecule has 0 unspecified atom stereocenters. The molecule has 1 aromatic carbocycles. The van der Waals surface area contributed by atoms with Crippen LogP contribution in [-0.4, -0.2) is 36.1 Å². The molecule has 21 heavy (non-hydrogen) atoms. The van der Waals surface area contributed by atoms with Gasteiger partial charge in [-0.15, -0.1) is 0 Å². The molecule has 6 nitrogen and oxygen atoms in total. The smallest absolute Gasteiger partial charge is 0.356 e. The van der Waals surface area contributed by atoms with Crippen LogP contribution in [0.2, 0.25) is 0 Å². The first-order chi connectivity index (χ1) is 10.2. The summed E-state index contributed by atoms with van der Waals surface area (Å²) in [5, 5.41) is 4.24. The topological polar surface area (TPSA) is 62.6 Å². The summed E-state index contributed by atoms with van der Waals surface area (Å²) in [6, 6.07) is 5.59. The Kier molecular flexibility index (Phi) is 3.51. The van der Waals surface area contributed by atoms with Gasteiger partial charge in [0.1, 0.15) is 13.2 Å². The fourth-order valence-electron chi connectivity index (χ4n) is 2.36. The monoisotopic (exact) mass is 288 g/mol. The fraction of sp³-hybridized carbons (Fsp3) is 0.333. The number of hydrogen-bond acceptors (Lipinski definition) is 5. The van der Waals surface area contributed by atoms with Crippen molar-refractivity contribution in [3.63, 3.8) is 0 Å². The van der Waals surface area contributed by atoms with E-state index in [-0.39, 0.29) is 0 Å². The first kappa shape index (κ1) is 13.5. The lowest BCUT2D eigenvalue weighted by atomic mass is 10.1. The van der Waals surface area contributed by atoms with E-state index >= 15 is 0 Å². The van der Waals surface area contributed by atoms with Crippen LogP contribution < -0.4 is 9.47 Å². The summed E-state index contributed by atoms with van der Waals surface area (Å²) in [6.45, 7) is 3.59. The van der Waals surface area contributed by atoms with Crippen LogP contribution in [0, 0.1) is 0 Å². The van der Waals surface area contributed by atoms with Gasteiger partial charge in [0.05, 0.1) is 13.3 Å². The Morgan fingerprint density at radius 1 is 1.33 bits per heavy atom. The normalized spacial score (nSPS) is 13.0. The number of carbonyl (C=O) groups excluding carboxylic acids is 1. The van der Waals surface area contributed by atoms with Gasteiger partial charge in [-0.2, -0.15) is 5.10 Å². The summed E-state index contributed by atoms with van der Waals surface area (Å²) in [5.41, 5.74) is 2.01. The molecule has 3 rings (SSSR count). The second-order valence-electron chi connectivity index (χ2n) is 4.57. The standard InChI is InChI=1S/C15H16N2O4/c1-3-17-14(15(18)19-2)11(9-16-17)10-4-5-12-13(8-10)21-7-6-20-12/h4-5,8-9H,3,6-7H2,1-2H3. The minimum absolute atomic E-state index is 0.403. The third-order valence-corrected chi connectivity index (χ3v) is 3.37. The molecule has 1 aliphatic heterocycles. The average molecular weight is 288 g/mol. The van der Waals surface area contributed by atoms with Gasteiger partial charge >= 0.3 is 5.97 Å². The van der Waals surface area contributed by atoms with Gasteiger partial charge in [0.15, 0.2) is 17.2 Å². The van der Waals surface area contributed by atoms with E-state index < -0.39 is 5.97 Å². The Morgan fingerprint density at radius 2 is 2.10 bits per heavy atom. The highest BCUT2D eigenvalue weighted by molar-refractivity contribution is 5.95. The SMILES string of the molecule is CCn1ncc(-c2ccc3c(c2)OCCO3)c1C(=O)OC. The van der Waals surface area contributed by atoms with Crippen LogP contribution in [0.25, 0.3) is 11.1 Å². The van der Waals surface area contributed by atoms with E-state index in [2.05, 4.69) is 5.10 Å². The molecule has 0 spiro atoms. The van der Waals surface area contributed by atoms with Crippen molar-refractivity contribution in [2.24, 2.45) is 0 Å². The van der Waals surface area contributed by atoms with Crippen LogP contribution in [0.4, 0.5) is 0 Å². The van der Waals surface area contributed by atoms with E-state index in [1.165, 1.54) is 7.11 Å². The molecule has 6 heteroatoms. The highest BCUT2D eigenvalue weighted by Gasteiger charge is 2.21. The molecular formula is C15H16N2O4. The molecule has 0 radical (unpaired) electrons. The zero-order chi connectivity index (χ0) is 14.8. The molecule has 2 aromatic rings. The number of carbonyl (C=O) groups is 1. The molecule has 110 valence electrons. The van der Waals surface area contributed by atoms with E-state index in [4.69, 9.17) is 14.2 Å². The number of hydrogen-bond donors (Lipinski definition) is 0. The van der Waals surface area contributed by atoms with E-state index in [0.717, 1.165) is 11.1 Å². The molecular weight excluding hydrogens is 272 g/mol. The first-order valence-corrected chi connectivity index (χ1v) is 6.78. The zero-order valence-electron chi connectivity index (χ0n) is 12.0. The minimum Gasteiger partial charge on any atom is -0.486 e. The van der Waals surface area contributed by atoms with E-state index in [9.17, 15) is 4.79 Å². The molecule has 0 aliphatic carbocycles. The number of aryl methyl sites for hydroxylation is 1. The summed E-state index contributed by atoms with van der Waals surface area (Å²) in [6.07, 6.45) is 1.67. The Balaban J connectivity index is 2.08. The van der Waals surface area contributed by atoms with Crippen LogP contribution in [0.3, 0.4) is 0 Å². The number of methoxy groups -OCH3 is 1. The molecule has 0 saturated carbocycles. The number of benzene rings is 1. The van der Waals surface area contributed by atoms with Gasteiger partial charge in [0.25, 0.3) is 0 Å². The fourth-order valence-corrected chi connectivity index (χ4v) is 2.36. The van der Waals surface area contributed by atoms with Crippen molar-refractivity contribution < 1.29 is 19.0 Å². The predicted molar refractivity (Wildman–Crippen MR) is 75.7 cm³/mol. The van der Waals surface area contributed by atoms with Crippen LogP contribution in [-0.2, 0) is 11.3 Å². The lowest BCUT2D eigenvalue weighted by Crippen LogP contribution is -2.15. The molecule has 0 fully saturated rings. The van der Waals surface area contributed by atoms with Crippen LogP contribution >= 0.6 is 0 Å². The maximum atomic E-state index is 12.0. The van der Waals surface area contributed by atoms with Crippen LogP contribution in [0.1, 0.15) is 17.4 Å². The largest absolute Gasteiger partial charge is 0.486 e. The Labute approximate surface area is 122 Å². The van der Waals surface area contributed by atoms with Crippen LogP contribution in [0.15, 0.2) is 24.4 Å². The summed E-state index contributed by atoms with van der Waals surface area (Å²) in [4.78, 5) is 12.0. The maximum Gasteiger partial charge on any atom is 0.356 e.